The van der Waals surface area contributed by atoms with E-state index in [1.807, 2.05) is 30.3 Å². The van der Waals surface area contributed by atoms with Gasteiger partial charge in [-0.15, -0.1) is 0 Å². The summed E-state index contributed by atoms with van der Waals surface area (Å²) in [6.07, 6.45) is -1.14. The van der Waals surface area contributed by atoms with Crippen molar-refractivity contribution in [3.8, 4) is 0 Å². The first-order valence-electron chi connectivity index (χ1n) is 5.32. The molecule has 1 aliphatic rings. The van der Waals surface area contributed by atoms with Gasteiger partial charge in [0, 0.05) is 0 Å². The number of benzene rings is 1. The summed E-state index contributed by atoms with van der Waals surface area (Å²) in [5.74, 6) is -1.15. The monoisotopic (exact) mass is 238 g/mol. The van der Waals surface area contributed by atoms with Gasteiger partial charge in [-0.05, 0) is 5.56 Å². The maximum atomic E-state index is 10.8. The fourth-order valence-corrected chi connectivity index (χ4v) is 1.53. The lowest BCUT2D eigenvalue weighted by atomic mass is 10.1. The van der Waals surface area contributed by atoms with Crippen LogP contribution in [0.15, 0.2) is 30.3 Å². The standard InChI is InChI=1S/C12H14O5/c13-10(12(8-17-12)11(14)15)7-16-6-9-4-2-1-3-5-9/h1-5,10,13H,6-8H2,(H,14,15)/t10?,12-/m1/s1. The molecule has 1 aliphatic heterocycles. The Morgan fingerprint density at radius 1 is 1.47 bits per heavy atom. The van der Waals surface area contributed by atoms with E-state index >= 15 is 0 Å². The van der Waals surface area contributed by atoms with Crippen LogP contribution in [-0.2, 0) is 20.9 Å². The summed E-state index contributed by atoms with van der Waals surface area (Å²) in [5, 5.41) is 18.5. The SMILES string of the molecule is O=C(O)[C@]1(C(O)COCc2ccccc2)CO1. The van der Waals surface area contributed by atoms with Crippen LogP contribution in [-0.4, -0.2) is 41.1 Å². The minimum atomic E-state index is -1.45. The lowest BCUT2D eigenvalue weighted by molar-refractivity contribution is -0.149. The van der Waals surface area contributed by atoms with Crippen LogP contribution in [0.3, 0.4) is 0 Å². The van der Waals surface area contributed by atoms with Gasteiger partial charge in [-0.3, -0.25) is 0 Å². The van der Waals surface area contributed by atoms with Crippen LogP contribution in [0.1, 0.15) is 5.56 Å². The first kappa shape index (κ1) is 12.0. The Balaban J connectivity index is 1.78. The van der Waals surface area contributed by atoms with Crippen molar-refractivity contribution in [2.75, 3.05) is 13.2 Å². The number of carboxylic acid groups (broad SMARTS) is 1. The number of carbonyl (C=O) groups is 1. The fourth-order valence-electron chi connectivity index (χ4n) is 1.53. The van der Waals surface area contributed by atoms with Crippen molar-refractivity contribution >= 4 is 5.97 Å². The van der Waals surface area contributed by atoms with Crippen LogP contribution in [0.2, 0.25) is 0 Å². The van der Waals surface area contributed by atoms with Crippen molar-refractivity contribution in [1.29, 1.82) is 0 Å². The third-order valence-electron chi connectivity index (χ3n) is 2.74. The Morgan fingerprint density at radius 3 is 2.65 bits per heavy atom. The Morgan fingerprint density at radius 2 is 2.12 bits per heavy atom. The van der Waals surface area contributed by atoms with E-state index in [2.05, 4.69) is 0 Å². The van der Waals surface area contributed by atoms with Gasteiger partial charge >= 0.3 is 5.97 Å². The van der Waals surface area contributed by atoms with E-state index in [1.54, 1.807) is 0 Å². The summed E-state index contributed by atoms with van der Waals surface area (Å²) < 4.78 is 10.1. The minimum Gasteiger partial charge on any atom is -0.479 e. The molecule has 0 spiro atoms. The summed E-state index contributed by atoms with van der Waals surface area (Å²) in [5.41, 5.74) is -0.475. The van der Waals surface area contributed by atoms with Gasteiger partial charge in [-0.25, -0.2) is 4.79 Å². The van der Waals surface area contributed by atoms with Crippen LogP contribution < -0.4 is 0 Å². The van der Waals surface area contributed by atoms with Gasteiger partial charge in [-0.1, -0.05) is 30.3 Å². The number of epoxide rings is 1. The largest absolute Gasteiger partial charge is 0.479 e. The highest BCUT2D eigenvalue weighted by molar-refractivity contribution is 5.81. The van der Waals surface area contributed by atoms with Crippen LogP contribution in [0.25, 0.3) is 0 Å². The zero-order valence-electron chi connectivity index (χ0n) is 9.20. The van der Waals surface area contributed by atoms with E-state index in [0.717, 1.165) is 5.56 Å². The number of aliphatic hydroxyl groups is 1. The maximum Gasteiger partial charge on any atom is 0.341 e. The molecule has 0 saturated carbocycles. The molecule has 17 heavy (non-hydrogen) atoms. The highest BCUT2D eigenvalue weighted by atomic mass is 16.6. The predicted molar refractivity (Wildman–Crippen MR) is 58.4 cm³/mol. The highest BCUT2D eigenvalue weighted by Crippen LogP contribution is 2.31. The average Bonchev–Trinajstić information content (AvgIpc) is 3.11. The molecule has 2 N–H and O–H groups in total. The Bertz CT molecular complexity index is 385. The number of hydrogen-bond acceptors (Lipinski definition) is 4. The number of hydrogen-bond donors (Lipinski definition) is 2. The molecule has 0 amide bonds. The highest BCUT2D eigenvalue weighted by Gasteiger charge is 2.58. The van der Waals surface area contributed by atoms with Crippen molar-refractivity contribution in [3.63, 3.8) is 0 Å². The zero-order chi connectivity index (χ0) is 12.3. The molecule has 1 aromatic carbocycles. The lowest BCUT2D eigenvalue weighted by Gasteiger charge is -2.15. The van der Waals surface area contributed by atoms with Gasteiger partial charge in [0.2, 0.25) is 5.60 Å². The van der Waals surface area contributed by atoms with Crippen molar-refractivity contribution < 1.29 is 24.5 Å². The second-order valence-corrected chi connectivity index (χ2v) is 4.00. The summed E-state index contributed by atoms with van der Waals surface area (Å²) in [4.78, 5) is 10.8. The molecule has 0 aromatic heterocycles. The number of carboxylic acids is 1. The first-order valence-corrected chi connectivity index (χ1v) is 5.32. The Kier molecular flexibility index (Phi) is 3.42. The summed E-state index contributed by atoms with van der Waals surface area (Å²) in [7, 11) is 0. The molecular formula is C12H14O5. The molecule has 1 fully saturated rings. The summed E-state index contributed by atoms with van der Waals surface area (Å²) in [6.45, 7) is 0.326. The molecule has 1 saturated heterocycles. The number of rotatable bonds is 6. The molecule has 2 rings (SSSR count). The van der Waals surface area contributed by atoms with E-state index < -0.39 is 17.7 Å². The normalized spacial score (nSPS) is 24.3. The lowest BCUT2D eigenvalue weighted by Crippen LogP contribution is -2.41. The topological polar surface area (TPSA) is 79.3 Å². The molecule has 2 atom stereocenters. The van der Waals surface area contributed by atoms with E-state index in [1.165, 1.54) is 0 Å². The van der Waals surface area contributed by atoms with Crippen LogP contribution in [0.5, 0.6) is 0 Å². The second-order valence-electron chi connectivity index (χ2n) is 4.00. The third-order valence-corrected chi connectivity index (χ3v) is 2.74. The van der Waals surface area contributed by atoms with E-state index in [0.29, 0.717) is 6.61 Å². The van der Waals surface area contributed by atoms with Gasteiger partial charge < -0.3 is 19.7 Å². The molecule has 92 valence electrons. The third kappa shape index (κ3) is 2.63. The van der Waals surface area contributed by atoms with E-state index in [4.69, 9.17) is 14.6 Å². The summed E-state index contributed by atoms with van der Waals surface area (Å²) >= 11 is 0. The predicted octanol–water partition coefficient (Wildman–Crippen LogP) is 0.418. The van der Waals surface area contributed by atoms with E-state index in [-0.39, 0.29) is 13.2 Å². The summed E-state index contributed by atoms with van der Waals surface area (Å²) in [6, 6.07) is 9.46. The maximum absolute atomic E-state index is 10.8. The van der Waals surface area contributed by atoms with Gasteiger partial charge in [-0.2, -0.15) is 0 Å². The number of aliphatic hydroxyl groups excluding tert-OH is 1. The van der Waals surface area contributed by atoms with Gasteiger partial charge in [0.05, 0.1) is 19.8 Å². The van der Waals surface area contributed by atoms with Crippen molar-refractivity contribution in [3.05, 3.63) is 35.9 Å². The Labute approximate surface area is 98.6 Å². The first-order chi connectivity index (χ1) is 8.15. The number of ether oxygens (including phenoxy) is 2. The second kappa shape index (κ2) is 4.83. The van der Waals surface area contributed by atoms with Crippen molar-refractivity contribution in [2.24, 2.45) is 0 Å². The van der Waals surface area contributed by atoms with Gasteiger partial charge in [0.15, 0.2) is 0 Å². The van der Waals surface area contributed by atoms with E-state index in [9.17, 15) is 9.90 Å². The van der Waals surface area contributed by atoms with Gasteiger partial charge in [0.1, 0.15) is 6.10 Å². The molecule has 1 unspecified atom stereocenters. The quantitative estimate of drug-likeness (QED) is 0.702. The molecular weight excluding hydrogens is 224 g/mol. The van der Waals surface area contributed by atoms with Crippen molar-refractivity contribution in [1.82, 2.24) is 0 Å². The smallest absolute Gasteiger partial charge is 0.341 e. The van der Waals surface area contributed by atoms with Crippen LogP contribution >= 0.6 is 0 Å². The molecule has 1 heterocycles. The zero-order valence-corrected chi connectivity index (χ0v) is 9.20. The number of aliphatic carboxylic acids is 1. The van der Waals surface area contributed by atoms with Gasteiger partial charge in [0.25, 0.3) is 0 Å². The minimum absolute atomic E-state index is 0.0399. The van der Waals surface area contributed by atoms with Crippen LogP contribution in [0.4, 0.5) is 0 Å². The van der Waals surface area contributed by atoms with Crippen molar-refractivity contribution in [2.45, 2.75) is 18.3 Å². The molecule has 1 aromatic rings. The molecule has 5 heteroatoms. The molecule has 0 bridgehead atoms. The average molecular weight is 238 g/mol. The Hall–Kier alpha value is -1.43. The van der Waals surface area contributed by atoms with Crippen LogP contribution in [0, 0.1) is 0 Å². The fraction of sp³-hybridized carbons (Fsp3) is 0.417. The molecule has 5 nitrogen and oxygen atoms in total. The molecule has 0 aliphatic carbocycles. The molecule has 0 radical (unpaired) electrons.